The molecule has 30 heavy (non-hydrogen) atoms. The molecule has 0 spiro atoms. The summed E-state index contributed by atoms with van der Waals surface area (Å²) in [6.07, 6.45) is 17.9. The third-order valence-corrected chi connectivity index (χ3v) is 10.4. The van der Waals surface area contributed by atoms with Gasteiger partial charge >= 0.3 is 0 Å². The van der Waals surface area contributed by atoms with Crippen LogP contribution in [0.1, 0.15) is 106 Å². The summed E-state index contributed by atoms with van der Waals surface area (Å²) in [6, 6.07) is 0. The third-order valence-electron chi connectivity index (χ3n) is 10.4. The lowest BCUT2D eigenvalue weighted by molar-refractivity contribution is -0.0541. The highest BCUT2D eigenvalue weighted by Crippen LogP contribution is 2.67. The average Bonchev–Trinajstić information content (AvgIpc) is 3.05. The topological polar surface area (TPSA) is 20.2 Å². The SMILES string of the molecule is CC/C(=C/C(C)C1CCC2C3CC=C4CC(O)CCC4(C)C3CCC12C)CC(C)C. The maximum absolute atomic E-state index is 10.2. The molecule has 170 valence electrons. The van der Waals surface area contributed by atoms with Gasteiger partial charge < -0.3 is 5.11 Å². The van der Waals surface area contributed by atoms with Crippen molar-refractivity contribution in [1.82, 2.24) is 0 Å². The highest BCUT2D eigenvalue weighted by Gasteiger charge is 2.58. The molecule has 8 atom stereocenters. The fourth-order valence-electron chi connectivity index (χ4n) is 8.89. The predicted octanol–water partition coefficient (Wildman–Crippen LogP) is 7.94. The highest BCUT2D eigenvalue weighted by molar-refractivity contribution is 5.25. The lowest BCUT2D eigenvalue weighted by atomic mass is 9.47. The van der Waals surface area contributed by atoms with Crippen LogP contribution in [0, 0.1) is 46.3 Å². The van der Waals surface area contributed by atoms with Gasteiger partial charge in [0.25, 0.3) is 0 Å². The Hall–Kier alpha value is -0.560. The molecule has 8 unspecified atom stereocenters. The van der Waals surface area contributed by atoms with Gasteiger partial charge in [0, 0.05) is 0 Å². The summed E-state index contributed by atoms with van der Waals surface area (Å²) in [5.41, 5.74) is 4.21. The Balaban J connectivity index is 1.55. The number of allylic oxidation sites excluding steroid dienone is 3. The number of aliphatic hydroxyl groups excluding tert-OH is 1. The van der Waals surface area contributed by atoms with Gasteiger partial charge in [-0.1, -0.05) is 64.8 Å². The molecule has 0 aromatic heterocycles. The normalized spacial score (nSPS) is 44.9. The van der Waals surface area contributed by atoms with Crippen molar-refractivity contribution >= 4 is 0 Å². The Morgan fingerprint density at radius 2 is 1.87 bits per heavy atom. The molecular weight excluding hydrogens is 364 g/mol. The van der Waals surface area contributed by atoms with E-state index in [0.717, 1.165) is 48.3 Å². The van der Waals surface area contributed by atoms with E-state index in [2.05, 4.69) is 53.7 Å². The zero-order valence-electron chi connectivity index (χ0n) is 20.7. The van der Waals surface area contributed by atoms with E-state index in [1.807, 2.05) is 0 Å². The van der Waals surface area contributed by atoms with Gasteiger partial charge in [0.2, 0.25) is 0 Å². The van der Waals surface area contributed by atoms with Gasteiger partial charge in [-0.05, 0) is 111 Å². The fraction of sp³-hybridized carbons (Fsp3) is 0.862. The summed E-state index contributed by atoms with van der Waals surface area (Å²) in [5.74, 6) is 5.01. The van der Waals surface area contributed by atoms with Crippen molar-refractivity contribution in [1.29, 1.82) is 0 Å². The van der Waals surface area contributed by atoms with Gasteiger partial charge in [0.1, 0.15) is 0 Å². The maximum Gasteiger partial charge on any atom is 0.0577 e. The van der Waals surface area contributed by atoms with Crippen molar-refractivity contribution in [3.05, 3.63) is 23.3 Å². The fourth-order valence-corrected chi connectivity index (χ4v) is 8.89. The van der Waals surface area contributed by atoms with Crippen LogP contribution in [-0.2, 0) is 0 Å². The second-order valence-corrected chi connectivity index (χ2v) is 12.5. The van der Waals surface area contributed by atoms with Crippen LogP contribution in [0.5, 0.6) is 0 Å². The monoisotopic (exact) mass is 412 g/mol. The molecule has 4 rings (SSSR count). The third kappa shape index (κ3) is 3.76. The van der Waals surface area contributed by atoms with Gasteiger partial charge in [0.05, 0.1) is 6.10 Å². The molecule has 3 fully saturated rings. The van der Waals surface area contributed by atoms with E-state index in [4.69, 9.17) is 0 Å². The van der Waals surface area contributed by atoms with E-state index in [-0.39, 0.29) is 6.10 Å². The second-order valence-electron chi connectivity index (χ2n) is 12.5. The molecule has 4 aliphatic carbocycles. The molecule has 0 aliphatic heterocycles. The lowest BCUT2D eigenvalue weighted by Gasteiger charge is -2.58. The summed E-state index contributed by atoms with van der Waals surface area (Å²) in [5, 5.41) is 10.2. The molecule has 0 saturated heterocycles. The highest BCUT2D eigenvalue weighted by atomic mass is 16.3. The average molecular weight is 413 g/mol. The Kier molecular flexibility index (Phi) is 6.35. The van der Waals surface area contributed by atoms with Crippen LogP contribution >= 0.6 is 0 Å². The minimum Gasteiger partial charge on any atom is -0.393 e. The van der Waals surface area contributed by atoms with Gasteiger partial charge in [0.15, 0.2) is 0 Å². The van der Waals surface area contributed by atoms with Crippen LogP contribution in [-0.4, -0.2) is 11.2 Å². The van der Waals surface area contributed by atoms with Gasteiger partial charge in [-0.25, -0.2) is 0 Å². The van der Waals surface area contributed by atoms with Crippen LogP contribution in [0.3, 0.4) is 0 Å². The molecule has 0 aromatic carbocycles. The minimum absolute atomic E-state index is 0.0863. The van der Waals surface area contributed by atoms with Crippen molar-refractivity contribution in [2.24, 2.45) is 46.3 Å². The summed E-state index contributed by atoms with van der Waals surface area (Å²) < 4.78 is 0. The molecule has 1 N–H and O–H groups in total. The molecule has 1 heteroatoms. The summed E-state index contributed by atoms with van der Waals surface area (Å²) in [6.45, 7) is 14.8. The molecule has 0 radical (unpaired) electrons. The molecule has 0 amide bonds. The quantitative estimate of drug-likeness (QED) is 0.454. The van der Waals surface area contributed by atoms with Gasteiger partial charge in [-0.3, -0.25) is 0 Å². The maximum atomic E-state index is 10.2. The van der Waals surface area contributed by atoms with E-state index >= 15 is 0 Å². The van der Waals surface area contributed by atoms with Gasteiger partial charge in [-0.15, -0.1) is 0 Å². The molecule has 4 aliphatic rings. The molecular formula is C29H48O. The smallest absolute Gasteiger partial charge is 0.0577 e. The minimum atomic E-state index is -0.0863. The summed E-state index contributed by atoms with van der Waals surface area (Å²) in [7, 11) is 0. The largest absolute Gasteiger partial charge is 0.393 e. The van der Waals surface area contributed by atoms with E-state index in [1.54, 1.807) is 11.1 Å². The van der Waals surface area contributed by atoms with E-state index < -0.39 is 0 Å². The first-order valence-electron chi connectivity index (χ1n) is 13.3. The molecule has 3 saturated carbocycles. The van der Waals surface area contributed by atoms with Crippen LogP contribution in [0.2, 0.25) is 0 Å². The first kappa shape index (κ1) is 22.6. The zero-order chi connectivity index (χ0) is 21.7. The van der Waals surface area contributed by atoms with E-state index in [1.165, 1.54) is 51.4 Å². The second kappa shape index (κ2) is 8.42. The van der Waals surface area contributed by atoms with E-state index in [9.17, 15) is 5.11 Å². The van der Waals surface area contributed by atoms with Crippen molar-refractivity contribution < 1.29 is 5.11 Å². The lowest BCUT2D eigenvalue weighted by Crippen LogP contribution is -2.50. The number of hydrogen-bond donors (Lipinski definition) is 1. The standard InChI is InChI=1S/C29H48O/c1-7-21(16-19(2)3)17-20(4)25-10-11-26-24-9-8-22-18-23(30)12-14-28(22,5)27(24)13-15-29(25,26)6/h8,17,19-20,23-27,30H,7,9-16,18H2,1-6H3/b21-17-. The number of aliphatic hydroxyl groups is 1. The van der Waals surface area contributed by atoms with Crippen molar-refractivity contribution in [3.8, 4) is 0 Å². The van der Waals surface area contributed by atoms with Crippen molar-refractivity contribution in [2.75, 3.05) is 0 Å². The molecule has 0 bridgehead atoms. The van der Waals surface area contributed by atoms with Crippen LogP contribution in [0.4, 0.5) is 0 Å². The number of fused-ring (bicyclic) bond motifs is 5. The van der Waals surface area contributed by atoms with Crippen LogP contribution in [0.25, 0.3) is 0 Å². The summed E-state index contributed by atoms with van der Waals surface area (Å²) in [4.78, 5) is 0. The molecule has 0 aromatic rings. The van der Waals surface area contributed by atoms with Crippen molar-refractivity contribution in [2.45, 2.75) is 112 Å². The van der Waals surface area contributed by atoms with Gasteiger partial charge in [-0.2, -0.15) is 0 Å². The first-order valence-corrected chi connectivity index (χ1v) is 13.3. The van der Waals surface area contributed by atoms with E-state index in [0.29, 0.717) is 10.8 Å². The zero-order valence-corrected chi connectivity index (χ0v) is 20.7. The number of rotatable bonds is 5. The Morgan fingerprint density at radius 3 is 2.57 bits per heavy atom. The Bertz CT molecular complexity index is 686. The van der Waals surface area contributed by atoms with Crippen molar-refractivity contribution in [3.63, 3.8) is 0 Å². The predicted molar refractivity (Wildman–Crippen MR) is 128 cm³/mol. The molecule has 1 nitrogen and oxygen atoms in total. The first-order chi connectivity index (χ1) is 14.2. The number of hydrogen-bond acceptors (Lipinski definition) is 1. The molecule has 0 heterocycles. The van der Waals surface area contributed by atoms with Crippen LogP contribution in [0.15, 0.2) is 23.3 Å². The van der Waals surface area contributed by atoms with Crippen LogP contribution < -0.4 is 0 Å². The Morgan fingerprint density at radius 1 is 1.10 bits per heavy atom. The summed E-state index contributed by atoms with van der Waals surface area (Å²) >= 11 is 0. The Labute approximate surface area is 186 Å².